The molecule has 0 spiro atoms. The highest BCUT2D eigenvalue weighted by Gasteiger charge is 2.17. The summed E-state index contributed by atoms with van der Waals surface area (Å²) >= 11 is 3.19. The highest BCUT2D eigenvalue weighted by Crippen LogP contribution is 2.20. The molecular formula is C19H18BrFN2O3. The average Bonchev–Trinajstić information content (AvgIpc) is 2.64. The van der Waals surface area contributed by atoms with Crippen LogP contribution in [-0.4, -0.2) is 43.0 Å². The minimum absolute atomic E-state index is 0.0697. The number of benzene rings is 2. The summed E-state index contributed by atoms with van der Waals surface area (Å²) in [6.45, 7) is 2.41. The molecule has 136 valence electrons. The van der Waals surface area contributed by atoms with Crippen molar-refractivity contribution in [1.29, 1.82) is 0 Å². The third-order valence-corrected chi connectivity index (χ3v) is 4.76. The number of hydrogen-bond acceptors (Lipinski definition) is 3. The van der Waals surface area contributed by atoms with Gasteiger partial charge in [-0.2, -0.15) is 0 Å². The van der Waals surface area contributed by atoms with Crippen LogP contribution in [0.2, 0.25) is 0 Å². The number of nitrogens with one attached hydrogen (secondary N) is 1. The van der Waals surface area contributed by atoms with Crippen LogP contribution in [0, 0.1) is 5.82 Å². The fourth-order valence-electron chi connectivity index (χ4n) is 2.68. The van der Waals surface area contributed by atoms with Crippen LogP contribution in [0.25, 0.3) is 0 Å². The number of anilines is 1. The van der Waals surface area contributed by atoms with E-state index in [1.165, 1.54) is 18.2 Å². The van der Waals surface area contributed by atoms with Crippen molar-refractivity contribution in [3.8, 4) is 0 Å². The van der Waals surface area contributed by atoms with Gasteiger partial charge in [-0.15, -0.1) is 0 Å². The lowest BCUT2D eigenvalue weighted by Crippen LogP contribution is -2.41. The number of ether oxygens (including phenoxy) is 1. The summed E-state index contributed by atoms with van der Waals surface area (Å²) in [6.07, 6.45) is 0.317. The Kier molecular flexibility index (Phi) is 6.00. The third kappa shape index (κ3) is 4.68. The molecule has 0 radical (unpaired) electrons. The standard InChI is InChI=1S/C19H18BrFN2O3/c20-17-12-14(21)3-6-16(17)19(25)22-15-4-1-13(2-5-15)11-18(24)23-7-9-26-10-8-23/h1-6,12H,7-11H2,(H,22,25). The second-order valence-electron chi connectivity index (χ2n) is 5.95. The van der Waals surface area contributed by atoms with Crippen LogP contribution in [0.5, 0.6) is 0 Å². The minimum Gasteiger partial charge on any atom is -0.378 e. The van der Waals surface area contributed by atoms with Gasteiger partial charge in [0.1, 0.15) is 5.82 Å². The molecule has 2 aromatic carbocycles. The largest absolute Gasteiger partial charge is 0.378 e. The molecule has 0 atom stereocenters. The Bertz CT molecular complexity index is 805. The number of rotatable bonds is 4. The number of carbonyl (C=O) groups is 2. The van der Waals surface area contributed by atoms with Gasteiger partial charge >= 0.3 is 0 Å². The van der Waals surface area contributed by atoms with Crippen LogP contribution >= 0.6 is 15.9 Å². The predicted molar refractivity (Wildman–Crippen MR) is 99.6 cm³/mol. The van der Waals surface area contributed by atoms with Crippen LogP contribution in [-0.2, 0) is 16.0 Å². The zero-order valence-electron chi connectivity index (χ0n) is 14.0. The van der Waals surface area contributed by atoms with Crippen molar-refractivity contribution in [2.75, 3.05) is 31.6 Å². The van der Waals surface area contributed by atoms with Crippen LogP contribution in [0.3, 0.4) is 0 Å². The molecule has 1 N–H and O–H groups in total. The van der Waals surface area contributed by atoms with E-state index in [1.807, 2.05) is 12.1 Å². The topological polar surface area (TPSA) is 58.6 Å². The first-order valence-electron chi connectivity index (χ1n) is 8.24. The van der Waals surface area contributed by atoms with E-state index in [0.717, 1.165) is 5.56 Å². The van der Waals surface area contributed by atoms with Crippen molar-refractivity contribution in [3.63, 3.8) is 0 Å². The van der Waals surface area contributed by atoms with Crippen LogP contribution in [0.15, 0.2) is 46.9 Å². The molecule has 0 bridgehead atoms. The Morgan fingerprint density at radius 3 is 2.46 bits per heavy atom. The molecule has 0 aromatic heterocycles. The fraction of sp³-hybridized carbons (Fsp3) is 0.263. The summed E-state index contributed by atoms with van der Waals surface area (Å²) < 4.78 is 18.8. The molecule has 0 unspecified atom stereocenters. The second kappa shape index (κ2) is 8.42. The van der Waals surface area contributed by atoms with Gasteiger partial charge in [0.25, 0.3) is 5.91 Å². The number of halogens is 2. The maximum absolute atomic E-state index is 13.1. The fourth-order valence-corrected chi connectivity index (χ4v) is 3.21. The van der Waals surface area contributed by atoms with Crippen molar-refractivity contribution in [1.82, 2.24) is 4.90 Å². The number of amides is 2. The summed E-state index contributed by atoms with van der Waals surface area (Å²) in [4.78, 5) is 26.3. The van der Waals surface area contributed by atoms with E-state index in [9.17, 15) is 14.0 Å². The average molecular weight is 421 g/mol. The van der Waals surface area contributed by atoms with E-state index < -0.39 is 5.82 Å². The molecule has 1 aliphatic rings. The quantitative estimate of drug-likeness (QED) is 0.825. The number of hydrogen-bond donors (Lipinski definition) is 1. The Hall–Kier alpha value is -2.25. The van der Waals surface area contributed by atoms with Gasteiger partial charge in [-0.25, -0.2) is 4.39 Å². The van der Waals surface area contributed by atoms with Gasteiger partial charge in [0.15, 0.2) is 0 Å². The lowest BCUT2D eigenvalue weighted by Gasteiger charge is -2.26. The number of morpholine rings is 1. The first-order valence-corrected chi connectivity index (χ1v) is 9.03. The Morgan fingerprint density at radius 2 is 1.81 bits per heavy atom. The number of carbonyl (C=O) groups excluding carboxylic acids is 2. The molecule has 3 rings (SSSR count). The second-order valence-corrected chi connectivity index (χ2v) is 6.80. The van der Waals surface area contributed by atoms with E-state index >= 15 is 0 Å². The van der Waals surface area contributed by atoms with E-state index in [1.54, 1.807) is 17.0 Å². The first-order chi connectivity index (χ1) is 12.5. The van der Waals surface area contributed by atoms with Crippen LogP contribution in [0.1, 0.15) is 15.9 Å². The number of nitrogens with zero attached hydrogens (tertiary/aromatic N) is 1. The van der Waals surface area contributed by atoms with E-state index in [4.69, 9.17) is 4.74 Å². The van der Waals surface area contributed by atoms with Gasteiger partial charge in [0, 0.05) is 23.2 Å². The lowest BCUT2D eigenvalue weighted by atomic mass is 10.1. The first kappa shape index (κ1) is 18.5. The van der Waals surface area contributed by atoms with Crippen molar-refractivity contribution in [3.05, 3.63) is 63.9 Å². The molecule has 1 heterocycles. The van der Waals surface area contributed by atoms with Gasteiger partial charge in [-0.05, 0) is 51.8 Å². The SMILES string of the molecule is O=C(Nc1ccc(CC(=O)N2CCOCC2)cc1)c1ccc(F)cc1Br. The monoisotopic (exact) mass is 420 g/mol. The molecular weight excluding hydrogens is 403 g/mol. The van der Waals surface area contributed by atoms with Crippen molar-refractivity contribution in [2.24, 2.45) is 0 Å². The van der Waals surface area contributed by atoms with Gasteiger partial charge < -0.3 is 15.0 Å². The van der Waals surface area contributed by atoms with Gasteiger partial charge in [-0.1, -0.05) is 12.1 Å². The van der Waals surface area contributed by atoms with Crippen molar-refractivity contribution < 1.29 is 18.7 Å². The van der Waals surface area contributed by atoms with E-state index in [2.05, 4.69) is 21.2 Å². The summed E-state index contributed by atoms with van der Waals surface area (Å²) in [5.41, 5.74) is 1.83. The Balaban J connectivity index is 1.60. The summed E-state index contributed by atoms with van der Waals surface area (Å²) in [5, 5.41) is 2.76. The zero-order valence-corrected chi connectivity index (χ0v) is 15.6. The lowest BCUT2D eigenvalue weighted by molar-refractivity contribution is -0.134. The molecule has 26 heavy (non-hydrogen) atoms. The summed E-state index contributed by atoms with van der Waals surface area (Å²) in [6, 6.07) is 11.0. The van der Waals surface area contributed by atoms with E-state index in [0.29, 0.717) is 48.4 Å². The summed E-state index contributed by atoms with van der Waals surface area (Å²) in [5.74, 6) is -0.683. The Morgan fingerprint density at radius 1 is 1.12 bits per heavy atom. The highest BCUT2D eigenvalue weighted by atomic mass is 79.9. The predicted octanol–water partition coefficient (Wildman–Crippen LogP) is 3.24. The Labute approximate surface area is 159 Å². The third-order valence-electron chi connectivity index (χ3n) is 4.11. The molecule has 2 amide bonds. The summed E-state index contributed by atoms with van der Waals surface area (Å²) in [7, 11) is 0. The molecule has 5 nitrogen and oxygen atoms in total. The molecule has 2 aromatic rings. The van der Waals surface area contributed by atoms with Gasteiger partial charge in [0.2, 0.25) is 5.91 Å². The molecule has 1 fully saturated rings. The maximum atomic E-state index is 13.1. The molecule has 0 aliphatic carbocycles. The molecule has 7 heteroatoms. The minimum atomic E-state index is -0.414. The molecule has 1 aliphatic heterocycles. The van der Waals surface area contributed by atoms with Crippen molar-refractivity contribution >= 4 is 33.4 Å². The molecule has 0 saturated carbocycles. The smallest absolute Gasteiger partial charge is 0.256 e. The van der Waals surface area contributed by atoms with Crippen molar-refractivity contribution in [2.45, 2.75) is 6.42 Å². The zero-order chi connectivity index (χ0) is 18.5. The highest BCUT2D eigenvalue weighted by molar-refractivity contribution is 9.10. The van der Waals surface area contributed by atoms with Gasteiger partial charge in [-0.3, -0.25) is 9.59 Å². The van der Waals surface area contributed by atoms with Crippen LogP contribution in [0.4, 0.5) is 10.1 Å². The van der Waals surface area contributed by atoms with Crippen LogP contribution < -0.4 is 5.32 Å². The normalized spacial score (nSPS) is 14.2. The molecule has 1 saturated heterocycles. The maximum Gasteiger partial charge on any atom is 0.256 e. The van der Waals surface area contributed by atoms with Gasteiger partial charge in [0.05, 0.1) is 25.2 Å². The van der Waals surface area contributed by atoms with E-state index in [-0.39, 0.29) is 11.8 Å².